The first-order valence-corrected chi connectivity index (χ1v) is 6.72. The van der Waals surface area contributed by atoms with E-state index in [1.807, 2.05) is 13.1 Å². The maximum absolute atomic E-state index is 6.36. The van der Waals surface area contributed by atoms with Crippen molar-refractivity contribution in [1.29, 1.82) is 0 Å². The molecule has 1 aromatic carbocycles. The van der Waals surface area contributed by atoms with Gasteiger partial charge < -0.3 is 5.32 Å². The largest absolute Gasteiger partial charge is 0.310 e. The highest BCUT2D eigenvalue weighted by atomic mass is 35.5. The molecule has 1 aliphatic carbocycles. The van der Waals surface area contributed by atoms with Gasteiger partial charge in [-0.15, -0.1) is 0 Å². The monoisotopic (exact) mass is 249 g/mol. The quantitative estimate of drug-likeness (QED) is 0.783. The molecular formula is C15H20ClN. The minimum Gasteiger partial charge on any atom is -0.310 e. The van der Waals surface area contributed by atoms with Crippen molar-refractivity contribution in [1.82, 2.24) is 5.32 Å². The molecule has 0 saturated heterocycles. The Morgan fingerprint density at radius 2 is 2.12 bits per heavy atom. The van der Waals surface area contributed by atoms with Crippen molar-refractivity contribution in [2.24, 2.45) is 0 Å². The molecule has 0 fully saturated rings. The zero-order valence-electron chi connectivity index (χ0n) is 10.6. The second kappa shape index (κ2) is 5.70. The third-order valence-electron chi connectivity index (χ3n) is 3.45. The topological polar surface area (TPSA) is 12.0 Å². The first-order valence-electron chi connectivity index (χ1n) is 6.34. The first kappa shape index (κ1) is 12.7. The summed E-state index contributed by atoms with van der Waals surface area (Å²) in [7, 11) is 2.01. The summed E-state index contributed by atoms with van der Waals surface area (Å²) in [6.07, 6.45) is 7.39. The van der Waals surface area contributed by atoms with Crippen LogP contribution in [0.2, 0.25) is 5.02 Å². The summed E-state index contributed by atoms with van der Waals surface area (Å²) in [6.45, 7) is 2.07. The van der Waals surface area contributed by atoms with Crippen LogP contribution in [0.1, 0.15) is 42.9 Å². The fourth-order valence-corrected chi connectivity index (χ4v) is 2.88. The average Bonchev–Trinajstić information content (AvgIpc) is 2.34. The molecule has 2 heteroatoms. The Kier molecular flexibility index (Phi) is 4.25. The number of allylic oxidation sites excluding steroid dienone is 1. The highest BCUT2D eigenvalue weighted by Crippen LogP contribution is 2.33. The highest BCUT2D eigenvalue weighted by Gasteiger charge is 2.18. The molecule has 17 heavy (non-hydrogen) atoms. The van der Waals surface area contributed by atoms with Crippen LogP contribution in [0, 0.1) is 6.92 Å². The van der Waals surface area contributed by atoms with Crippen LogP contribution in [0.15, 0.2) is 29.8 Å². The van der Waals surface area contributed by atoms with Gasteiger partial charge in [0.15, 0.2) is 0 Å². The second-order valence-corrected chi connectivity index (χ2v) is 5.18. The lowest BCUT2D eigenvalue weighted by molar-refractivity contribution is 0.593. The van der Waals surface area contributed by atoms with Crippen molar-refractivity contribution in [3.05, 3.63) is 46.0 Å². The second-order valence-electron chi connectivity index (χ2n) is 4.77. The minimum absolute atomic E-state index is 0.281. The third kappa shape index (κ3) is 2.91. The van der Waals surface area contributed by atoms with Crippen LogP contribution in [0.3, 0.4) is 0 Å². The van der Waals surface area contributed by atoms with Crippen LogP contribution >= 0.6 is 11.6 Å². The number of rotatable bonds is 3. The van der Waals surface area contributed by atoms with E-state index in [0.717, 1.165) is 5.02 Å². The van der Waals surface area contributed by atoms with Gasteiger partial charge in [0.25, 0.3) is 0 Å². The molecule has 1 N–H and O–H groups in total. The third-order valence-corrected chi connectivity index (χ3v) is 3.78. The Morgan fingerprint density at radius 3 is 2.71 bits per heavy atom. The molecule has 0 spiro atoms. The number of hydrogen-bond acceptors (Lipinski definition) is 1. The summed E-state index contributed by atoms with van der Waals surface area (Å²) in [5, 5.41) is 4.27. The van der Waals surface area contributed by atoms with Gasteiger partial charge in [0, 0.05) is 5.02 Å². The summed E-state index contributed by atoms with van der Waals surface area (Å²) < 4.78 is 0. The molecule has 0 saturated carbocycles. The van der Waals surface area contributed by atoms with Gasteiger partial charge in [-0.2, -0.15) is 0 Å². The number of halogens is 1. The van der Waals surface area contributed by atoms with Gasteiger partial charge >= 0.3 is 0 Å². The van der Waals surface area contributed by atoms with Crippen molar-refractivity contribution in [3.8, 4) is 0 Å². The molecule has 1 aromatic rings. The van der Waals surface area contributed by atoms with Crippen LogP contribution in [-0.4, -0.2) is 7.05 Å². The minimum atomic E-state index is 0.281. The van der Waals surface area contributed by atoms with Crippen LogP contribution in [-0.2, 0) is 0 Å². The highest BCUT2D eigenvalue weighted by molar-refractivity contribution is 6.31. The van der Waals surface area contributed by atoms with Crippen molar-refractivity contribution < 1.29 is 0 Å². The molecule has 1 aliphatic rings. The van der Waals surface area contributed by atoms with E-state index in [9.17, 15) is 0 Å². The van der Waals surface area contributed by atoms with Gasteiger partial charge in [0.05, 0.1) is 6.04 Å². The van der Waals surface area contributed by atoms with Gasteiger partial charge in [0.1, 0.15) is 0 Å². The predicted molar refractivity (Wildman–Crippen MR) is 74.5 cm³/mol. The SMILES string of the molecule is CNC(C1=CCCCC1)c1ccc(C)cc1Cl. The van der Waals surface area contributed by atoms with Gasteiger partial charge in [0.2, 0.25) is 0 Å². The lowest BCUT2D eigenvalue weighted by atomic mass is 9.89. The maximum atomic E-state index is 6.36. The van der Waals surface area contributed by atoms with E-state index in [2.05, 4.69) is 30.4 Å². The van der Waals surface area contributed by atoms with E-state index >= 15 is 0 Å². The van der Waals surface area contributed by atoms with E-state index in [1.165, 1.54) is 42.4 Å². The molecule has 92 valence electrons. The number of hydrogen-bond donors (Lipinski definition) is 1. The van der Waals surface area contributed by atoms with Crippen LogP contribution < -0.4 is 5.32 Å². The predicted octanol–water partition coefficient (Wildman–Crippen LogP) is 4.41. The summed E-state index contributed by atoms with van der Waals surface area (Å²) in [5.41, 5.74) is 3.91. The van der Waals surface area contributed by atoms with Crippen molar-refractivity contribution in [3.63, 3.8) is 0 Å². The summed E-state index contributed by atoms with van der Waals surface area (Å²) in [5.74, 6) is 0. The molecule has 0 amide bonds. The molecule has 0 radical (unpaired) electrons. The van der Waals surface area contributed by atoms with Crippen molar-refractivity contribution in [2.75, 3.05) is 7.05 Å². The fraction of sp³-hybridized carbons (Fsp3) is 0.467. The summed E-state index contributed by atoms with van der Waals surface area (Å²) in [4.78, 5) is 0. The Bertz CT molecular complexity index is 423. The molecular weight excluding hydrogens is 230 g/mol. The average molecular weight is 250 g/mol. The van der Waals surface area contributed by atoms with Gasteiger partial charge in [-0.3, -0.25) is 0 Å². The van der Waals surface area contributed by atoms with Crippen LogP contribution in [0.25, 0.3) is 0 Å². The van der Waals surface area contributed by atoms with Crippen LogP contribution in [0.4, 0.5) is 0 Å². The molecule has 1 unspecified atom stereocenters. The number of benzene rings is 1. The van der Waals surface area contributed by atoms with E-state index in [0.29, 0.717) is 0 Å². The summed E-state index contributed by atoms with van der Waals surface area (Å²) in [6, 6.07) is 6.61. The van der Waals surface area contributed by atoms with Gasteiger partial charge in [-0.25, -0.2) is 0 Å². The zero-order valence-corrected chi connectivity index (χ0v) is 11.3. The number of nitrogens with one attached hydrogen (secondary N) is 1. The fourth-order valence-electron chi connectivity index (χ4n) is 2.53. The zero-order chi connectivity index (χ0) is 12.3. The van der Waals surface area contributed by atoms with Crippen LogP contribution in [0.5, 0.6) is 0 Å². The molecule has 0 aliphatic heterocycles. The molecule has 0 aromatic heterocycles. The molecule has 1 nitrogen and oxygen atoms in total. The standard InChI is InChI=1S/C15H20ClN/c1-11-8-9-13(14(16)10-11)15(17-2)12-6-4-3-5-7-12/h6,8-10,15,17H,3-5,7H2,1-2H3. The lowest BCUT2D eigenvalue weighted by Crippen LogP contribution is -2.20. The summed E-state index contributed by atoms with van der Waals surface area (Å²) >= 11 is 6.36. The Morgan fingerprint density at radius 1 is 1.29 bits per heavy atom. The Hall–Kier alpha value is -0.790. The number of likely N-dealkylation sites (N-methyl/N-ethyl adjacent to an activating group) is 1. The smallest absolute Gasteiger partial charge is 0.0548 e. The van der Waals surface area contributed by atoms with Crippen molar-refractivity contribution in [2.45, 2.75) is 38.6 Å². The van der Waals surface area contributed by atoms with E-state index in [1.54, 1.807) is 0 Å². The molecule has 1 atom stereocenters. The first-order chi connectivity index (χ1) is 8.22. The molecule has 2 rings (SSSR count). The normalized spacial score (nSPS) is 17.7. The van der Waals surface area contributed by atoms with Crippen molar-refractivity contribution >= 4 is 11.6 Å². The van der Waals surface area contributed by atoms with E-state index in [4.69, 9.17) is 11.6 Å². The number of aryl methyl sites for hydroxylation is 1. The van der Waals surface area contributed by atoms with E-state index in [-0.39, 0.29) is 6.04 Å². The van der Waals surface area contributed by atoms with E-state index < -0.39 is 0 Å². The van der Waals surface area contributed by atoms with Gasteiger partial charge in [-0.1, -0.05) is 35.4 Å². The maximum Gasteiger partial charge on any atom is 0.0548 e. The molecule has 0 bridgehead atoms. The molecule has 0 heterocycles. The lowest BCUT2D eigenvalue weighted by Gasteiger charge is -2.24. The Labute approximate surface area is 109 Å². The van der Waals surface area contributed by atoms with Gasteiger partial charge in [-0.05, 0) is 56.8 Å². The Balaban J connectivity index is 2.31.